The Hall–Kier alpha value is -0.940. The molecule has 0 radical (unpaired) electrons. The number of rotatable bonds is 2. The number of hydrogen-bond donors (Lipinski definition) is 1. The molecule has 0 amide bonds. The standard InChI is InChI=1S/C10H11BrO4/c1-13-9-6(5-12)4-7-10(8(9)11)15-3-2-14-7/h4,12H,2-3,5H2,1H3. The average molecular weight is 275 g/mol. The van der Waals surface area contributed by atoms with Gasteiger partial charge in [0, 0.05) is 5.56 Å². The quantitative estimate of drug-likeness (QED) is 0.892. The van der Waals surface area contributed by atoms with Crippen LogP contribution in [0.25, 0.3) is 0 Å². The lowest BCUT2D eigenvalue weighted by molar-refractivity contribution is 0.168. The second-order valence-electron chi connectivity index (χ2n) is 3.07. The third-order valence-corrected chi connectivity index (χ3v) is 2.90. The van der Waals surface area contributed by atoms with Crippen molar-refractivity contribution in [2.24, 2.45) is 0 Å². The van der Waals surface area contributed by atoms with Crippen LogP contribution in [0.5, 0.6) is 17.2 Å². The van der Waals surface area contributed by atoms with E-state index in [4.69, 9.17) is 14.2 Å². The maximum Gasteiger partial charge on any atom is 0.179 e. The van der Waals surface area contributed by atoms with Crippen molar-refractivity contribution >= 4 is 15.9 Å². The Morgan fingerprint density at radius 1 is 1.47 bits per heavy atom. The van der Waals surface area contributed by atoms with Gasteiger partial charge in [0.15, 0.2) is 11.5 Å². The van der Waals surface area contributed by atoms with E-state index in [0.717, 1.165) is 0 Å². The molecular formula is C10H11BrO4. The average Bonchev–Trinajstić information content (AvgIpc) is 2.29. The zero-order valence-corrected chi connectivity index (χ0v) is 9.83. The highest BCUT2D eigenvalue weighted by atomic mass is 79.9. The van der Waals surface area contributed by atoms with Crippen molar-refractivity contribution in [2.75, 3.05) is 20.3 Å². The lowest BCUT2D eigenvalue weighted by Gasteiger charge is -2.22. The Balaban J connectivity index is 2.57. The monoisotopic (exact) mass is 274 g/mol. The van der Waals surface area contributed by atoms with E-state index in [1.54, 1.807) is 13.2 Å². The number of aliphatic hydroxyl groups excluding tert-OH is 1. The van der Waals surface area contributed by atoms with Crippen molar-refractivity contribution in [1.82, 2.24) is 0 Å². The molecule has 15 heavy (non-hydrogen) atoms. The third-order valence-electron chi connectivity index (χ3n) is 2.18. The maximum atomic E-state index is 9.18. The third kappa shape index (κ3) is 1.77. The second kappa shape index (κ2) is 4.28. The highest BCUT2D eigenvalue weighted by Gasteiger charge is 2.21. The minimum absolute atomic E-state index is 0.0988. The molecule has 1 aliphatic heterocycles. The molecule has 1 heterocycles. The molecule has 0 bridgehead atoms. The molecule has 4 nitrogen and oxygen atoms in total. The number of halogens is 1. The molecule has 0 fully saturated rings. The van der Waals surface area contributed by atoms with Crippen LogP contribution in [0.2, 0.25) is 0 Å². The molecule has 0 saturated carbocycles. The van der Waals surface area contributed by atoms with Gasteiger partial charge in [0.2, 0.25) is 0 Å². The molecule has 5 heteroatoms. The highest BCUT2D eigenvalue weighted by molar-refractivity contribution is 9.10. The summed E-state index contributed by atoms with van der Waals surface area (Å²) in [7, 11) is 1.55. The largest absolute Gasteiger partial charge is 0.495 e. The van der Waals surface area contributed by atoms with Gasteiger partial charge >= 0.3 is 0 Å². The smallest absolute Gasteiger partial charge is 0.179 e. The van der Waals surface area contributed by atoms with Crippen molar-refractivity contribution in [3.05, 3.63) is 16.1 Å². The summed E-state index contributed by atoms with van der Waals surface area (Å²) in [5.74, 6) is 1.86. The first-order valence-electron chi connectivity index (χ1n) is 4.53. The number of methoxy groups -OCH3 is 1. The summed E-state index contributed by atoms with van der Waals surface area (Å²) in [5.41, 5.74) is 0.675. The fourth-order valence-corrected chi connectivity index (χ4v) is 2.24. The first-order chi connectivity index (χ1) is 7.27. The van der Waals surface area contributed by atoms with Gasteiger partial charge in [-0.05, 0) is 22.0 Å². The summed E-state index contributed by atoms with van der Waals surface area (Å²) in [4.78, 5) is 0. The summed E-state index contributed by atoms with van der Waals surface area (Å²) >= 11 is 3.38. The van der Waals surface area contributed by atoms with Crippen LogP contribution < -0.4 is 14.2 Å². The fourth-order valence-electron chi connectivity index (χ4n) is 1.52. The van der Waals surface area contributed by atoms with E-state index >= 15 is 0 Å². The molecule has 0 aromatic heterocycles. The van der Waals surface area contributed by atoms with Gasteiger partial charge in [-0.25, -0.2) is 0 Å². The zero-order valence-electron chi connectivity index (χ0n) is 8.25. The van der Waals surface area contributed by atoms with E-state index < -0.39 is 0 Å². The lowest BCUT2D eigenvalue weighted by Crippen LogP contribution is -2.16. The molecule has 1 aromatic rings. The Kier molecular flexibility index (Phi) is 3.02. The fraction of sp³-hybridized carbons (Fsp3) is 0.400. The van der Waals surface area contributed by atoms with Gasteiger partial charge in [-0.1, -0.05) is 0 Å². The molecule has 82 valence electrons. The van der Waals surface area contributed by atoms with E-state index in [2.05, 4.69) is 15.9 Å². The van der Waals surface area contributed by atoms with Gasteiger partial charge in [0.05, 0.1) is 13.7 Å². The summed E-state index contributed by atoms with van der Waals surface area (Å²) in [5, 5.41) is 9.18. The topological polar surface area (TPSA) is 47.9 Å². The van der Waals surface area contributed by atoms with Crippen molar-refractivity contribution in [2.45, 2.75) is 6.61 Å². The van der Waals surface area contributed by atoms with Gasteiger partial charge in [0.25, 0.3) is 0 Å². The van der Waals surface area contributed by atoms with Crippen LogP contribution in [0.4, 0.5) is 0 Å². The van der Waals surface area contributed by atoms with E-state index in [9.17, 15) is 5.11 Å². The first kappa shape index (κ1) is 10.6. The molecule has 2 rings (SSSR count). The number of fused-ring (bicyclic) bond motifs is 1. The van der Waals surface area contributed by atoms with E-state index in [-0.39, 0.29) is 6.61 Å². The molecule has 0 atom stereocenters. The molecular weight excluding hydrogens is 264 g/mol. The summed E-state index contributed by atoms with van der Waals surface area (Å²) in [6, 6.07) is 1.73. The summed E-state index contributed by atoms with van der Waals surface area (Å²) < 4.78 is 16.8. The predicted octanol–water partition coefficient (Wildman–Crippen LogP) is 1.72. The number of ether oxygens (including phenoxy) is 3. The Labute approximate surface area is 95.9 Å². The van der Waals surface area contributed by atoms with E-state index in [1.165, 1.54) is 0 Å². The van der Waals surface area contributed by atoms with Crippen LogP contribution in [-0.2, 0) is 6.61 Å². The molecule has 0 unspecified atom stereocenters. The van der Waals surface area contributed by atoms with Crippen molar-refractivity contribution in [3.63, 3.8) is 0 Å². The van der Waals surface area contributed by atoms with Crippen molar-refractivity contribution < 1.29 is 19.3 Å². The van der Waals surface area contributed by atoms with E-state index in [0.29, 0.717) is 40.5 Å². The summed E-state index contributed by atoms with van der Waals surface area (Å²) in [6.45, 7) is 0.947. The van der Waals surface area contributed by atoms with Crippen molar-refractivity contribution in [3.8, 4) is 17.2 Å². The van der Waals surface area contributed by atoms with Gasteiger partial charge in [-0.3, -0.25) is 0 Å². The highest BCUT2D eigenvalue weighted by Crippen LogP contribution is 2.45. The molecule has 0 spiro atoms. The molecule has 1 aromatic carbocycles. The van der Waals surface area contributed by atoms with Crippen LogP contribution >= 0.6 is 15.9 Å². The molecule has 0 saturated heterocycles. The summed E-state index contributed by atoms with van der Waals surface area (Å²) in [6.07, 6.45) is 0. The van der Waals surface area contributed by atoms with Crippen LogP contribution in [-0.4, -0.2) is 25.4 Å². The van der Waals surface area contributed by atoms with Crippen molar-refractivity contribution in [1.29, 1.82) is 0 Å². The van der Waals surface area contributed by atoms with Crippen LogP contribution in [0.3, 0.4) is 0 Å². The Morgan fingerprint density at radius 2 is 2.20 bits per heavy atom. The maximum absolute atomic E-state index is 9.18. The van der Waals surface area contributed by atoms with Gasteiger partial charge in [0.1, 0.15) is 23.4 Å². The molecule has 1 N–H and O–H groups in total. The lowest BCUT2D eigenvalue weighted by atomic mass is 10.2. The van der Waals surface area contributed by atoms with Crippen LogP contribution in [0.15, 0.2) is 10.5 Å². The first-order valence-corrected chi connectivity index (χ1v) is 5.33. The van der Waals surface area contributed by atoms with Crippen LogP contribution in [0.1, 0.15) is 5.56 Å². The minimum Gasteiger partial charge on any atom is -0.495 e. The normalized spacial score (nSPS) is 13.8. The molecule has 0 aliphatic carbocycles. The Morgan fingerprint density at radius 3 is 2.87 bits per heavy atom. The second-order valence-corrected chi connectivity index (χ2v) is 3.86. The Bertz CT molecular complexity index is 364. The zero-order chi connectivity index (χ0) is 10.8. The SMILES string of the molecule is COc1c(CO)cc2c(c1Br)OCCO2. The number of benzene rings is 1. The minimum atomic E-state index is -0.0988. The van der Waals surface area contributed by atoms with E-state index in [1.807, 2.05) is 0 Å². The van der Waals surface area contributed by atoms with Gasteiger partial charge in [-0.15, -0.1) is 0 Å². The molecule has 1 aliphatic rings. The van der Waals surface area contributed by atoms with Gasteiger partial charge in [-0.2, -0.15) is 0 Å². The van der Waals surface area contributed by atoms with Gasteiger partial charge < -0.3 is 19.3 Å². The number of aliphatic hydroxyl groups is 1. The predicted molar refractivity (Wildman–Crippen MR) is 57.6 cm³/mol. The number of hydrogen-bond acceptors (Lipinski definition) is 4. The van der Waals surface area contributed by atoms with Crippen LogP contribution in [0, 0.1) is 0 Å².